The smallest absolute Gasteiger partial charge is 0.241 e. The molecule has 2 aliphatic heterocycles. The van der Waals surface area contributed by atoms with Crippen molar-refractivity contribution in [3.63, 3.8) is 0 Å². The average molecular weight is 267 g/mol. The molecule has 110 valence electrons. The van der Waals surface area contributed by atoms with Crippen LogP contribution in [0.5, 0.6) is 0 Å². The van der Waals surface area contributed by atoms with Gasteiger partial charge in [0.15, 0.2) is 0 Å². The van der Waals surface area contributed by atoms with Gasteiger partial charge in [0.1, 0.15) is 0 Å². The van der Waals surface area contributed by atoms with Crippen LogP contribution in [0.3, 0.4) is 0 Å². The molecule has 0 radical (unpaired) electrons. The minimum absolute atomic E-state index is 0.0562. The van der Waals surface area contributed by atoms with Crippen LogP contribution in [0.1, 0.15) is 52.9 Å². The first-order valence-corrected chi connectivity index (χ1v) is 7.98. The van der Waals surface area contributed by atoms with Crippen LogP contribution in [0.15, 0.2) is 0 Å². The van der Waals surface area contributed by atoms with Gasteiger partial charge in [0.25, 0.3) is 0 Å². The van der Waals surface area contributed by atoms with Crippen LogP contribution in [0.25, 0.3) is 0 Å². The van der Waals surface area contributed by atoms with Crippen LogP contribution in [-0.2, 0) is 4.79 Å². The number of rotatable bonds is 6. The summed E-state index contributed by atoms with van der Waals surface area (Å²) in [5.41, 5.74) is 0. The van der Waals surface area contributed by atoms with E-state index in [2.05, 4.69) is 35.9 Å². The van der Waals surface area contributed by atoms with Gasteiger partial charge in [-0.15, -0.1) is 0 Å². The van der Waals surface area contributed by atoms with Gasteiger partial charge in [-0.25, -0.2) is 0 Å². The monoisotopic (exact) mass is 267 g/mol. The van der Waals surface area contributed by atoms with Crippen molar-refractivity contribution in [2.75, 3.05) is 19.6 Å². The summed E-state index contributed by atoms with van der Waals surface area (Å²) in [6.07, 6.45) is 5.89. The van der Waals surface area contributed by atoms with E-state index in [-0.39, 0.29) is 12.2 Å². The molecule has 19 heavy (non-hydrogen) atoms. The molecule has 0 aromatic rings. The maximum Gasteiger partial charge on any atom is 0.241 e. The number of carbonyl (C=O) groups excluding carboxylic acids is 1. The van der Waals surface area contributed by atoms with Crippen LogP contribution >= 0.6 is 0 Å². The number of nitrogens with one attached hydrogen (secondary N) is 1. The maximum atomic E-state index is 12.5. The van der Waals surface area contributed by atoms with E-state index in [9.17, 15) is 4.79 Å². The van der Waals surface area contributed by atoms with Crippen LogP contribution in [0, 0.1) is 0 Å². The molecule has 0 spiro atoms. The van der Waals surface area contributed by atoms with Crippen molar-refractivity contribution >= 4 is 5.91 Å². The fourth-order valence-corrected chi connectivity index (χ4v) is 3.38. The van der Waals surface area contributed by atoms with E-state index in [1.165, 1.54) is 25.9 Å². The van der Waals surface area contributed by atoms with E-state index >= 15 is 0 Å². The summed E-state index contributed by atoms with van der Waals surface area (Å²) in [5, 5.41) is 3.50. The lowest BCUT2D eigenvalue weighted by Gasteiger charge is -2.31. The number of hydrogen-bond donors (Lipinski definition) is 1. The molecule has 2 heterocycles. The second-order valence-electron chi connectivity index (χ2n) is 6.01. The first-order valence-electron chi connectivity index (χ1n) is 7.98. The Morgan fingerprint density at radius 1 is 1.32 bits per heavy atom. The molecule has 2 fully saturated rings. The molecule has 3 unspecified atom stereocenters. The summed E-state index contributed by atoms with van der Waals surface area (Å²) in [6, 6.07) is 0.545. The van der Waals surface area contributed by atoms with Gasteiger partial charge < -0.3 is 4.90 Å². The maximum absolute atomic E-state index is 12.5. The van der Waals surface area contributed by atoms with E-state index in [1.54, 1.807) is 0 Å². The second kappa shape index (κ2) is 6.71. The van der Waals surface area contributed by atoms with Gasteiger partial charge in [-0.3, -0.25) is 15.0 Å². The number of nitrogens with zero attached hydrogens (tertiary/aromatic N) is 2. The Morgan fingerprint density at radius 3 is 2.58 bits per heavy atom. The predicted molar refractivity (Wildman–Crippen MR) is 77.9 cm³/mol. The molecule has 3 atom stereocenters. The first kappa shape index (κ1) is 14.8. The van der Waals surface area contributed by atoms with E-state index in [4.69, 9.17) is 0 Å². The lowest BCUT2D eigenvalue weighted by atomic mass is 10.1. The van der Waals surface area contributed by atoms with E-state index < -0.39 is 0 Å². The Morgan fingerprint density at radius 2 is 2.00 bits per heavy atom. The van der Waals surface area contributed by atoms with Gasteiger partial charge in [-0.05, 0) is 45.7 Å². The van der Waals surface area contributed by atoms with Crippen LogP contribution in [-0.4, -0.2) is 53.6 Å². The highest BCUT2D eigenvalue weighted by atomic mass is 16.2. The first-order chi connectivity index (χ1) is 9.17. The largest absolute Gasteiger partial charge is 0.324 e. The summed E-state index contributed by atoms with van der Waals surface area (Å²) in [5.74, 6) is 0.319. The van der Waals surface area contributed by atoms with Gasteiger partial charge in [-0.1, -0.05) is 20.3 Å². The molecule has 0 aromatic carbocycles. The lowest BCUT2D eigenvalue weighted by Crippen LogP contribution is -2.46. The highest BCUT2D eigenvalue weighted by Crippen LogP contribution is 2.20. The third-order valence-electron chi connectivity index (χ3n) is 4.54. The molecule has 2 rings (SSSR count). The Labute approximate surface area is 117 Å². The zero-order chi connectivity index (χ0) is 13.8. The van der Waals surface area contributed by atoms with Gasteiger partial charge in [0.05, 0.1) is 12.2 Å². The summed E-state index contributed by atoms with van der Waals surface area (Å²) < 4.78 is 0. The molecule has 0 aromatic heterocycles. The fourth-order valence-electron chi connectivity index (χ4n) is 3.38. The molecule has 4 heteroatoms. The second-order valence-corrected chi connectivity index (χ2v) is 6.01. The molecule has 1 N–H and O–H groups in total. The van der Waals surface area contributed by atoms with Gasteiger partial charge in [0.2, 0.25) is 5.91 Å². The van der Waals surface area contributed by atoms with Crippen molar-refractivity contribution in [2.24, 2.45) is 0 Å². The molecule has 0 saturated carbocycles. The van der Waals surface area contributed by atoms with Crippen molar-refractivity contribution in [1.82, 2.24) is 15.1 Å². The molecule has 0 aliphatic carbocycles. The summed E-state index contributed by atoms with van der Waals surface area (Å²) in [4.78, 5) is 17.1. The third-order valence-corrected chi connectivity index (χ3v) is 4.54. The number of likely N-dealkylation sites (tertiary alicyclic amines) is 1. The molecule has 2 aliphatic rings. The third kappa shape index (κ3) is 3.29. The Hall–Kier alpha value is -0.610. The van der Waals surface area contributed by atoms with Gasteiger partial charge in [0, 0.05) is 12.6 Å². The van der Waals surface area contributed by atoms with Crippen LogP contribution < -0.4 is 5.32 Å². The molecular weight excluding hydrogens is 238 g/mol. The normalized spacial score (nSPS) is 30.3. The minimum atomic E-state index is 0.0562. The average Bonchev–Trinajstić information content (AvgIpc) is 3.02. The quantitative estimate of drug-likeness (QED) is 0.797. The molecule has 4 nitrogen and oxygen atoms in total. The Bertz CT molecular complexity index is 302. The topological polar surface area (TPSA) is 35.6 Å². The number of hydrogen-bond acceptors (Lipinski definition) is 3. The molecule has 2 saturated heterocycles. The summed E-state index contributed by atoms with van der Waals surface area (Å²) in [7, 11) is 0. The van der Waals surface area contributed by atoms with Crippen molar-refractivity contribution in [2.45, 2.75) is 71.1 Å². The van der Waals surface area contributed by atoms with Gasteiger partial charge in [-0.2, -0.15) is 0 Å². The SMILES string of the molecule is CCCC1NC(CC)N(CC(C)N2CCCC2)C1=O. The summed E-state index contributed by atoms with van der Waals surface area (Å²) >= 11 is 0. The summed E-state index contributed by atoms with van der Waals surface area (Å²) in [6.45, 7) is 9.85. The highest BCUT2D eigenvalue weighted by molar-refractivity contribution is 5.84. The van der Waals surface area contributed by atoms with E-state index in [0.717, 1.165) is 25.8 Å². The number of amides is 1. The number of carbonyl (C=O) groups is 1. The molecule has 0 bridgehead atoms. The van der Waals surface area contributed by atoms with Crippen molar-refractivity contribution in [3.05, 3.63) is 0 Å². The lowest BCUT2D eigenvalue weighted by molar-refractivity contribution is -0.130. The zero-order valence-electron chi connectivity index (χ0n) is 12.7. The van der Waals surface area contributed by atoms with Gasteiger partial charge >= 0.3 is 0 Å². The zero-order valence-corrected chi connectivity index (χ0v) is 12.7. The predicted octanol–water partition coefficient (Wildman–Crippen LogP) is 1.81. The van der Waals surface area contributed by atoms with E-state index in [1.807, 2.05) is 0 Å². The molecule has 1 amide bonds. The minimum Gasteiger partial charge on any atom is -0.324 e. The van der Waals surface area contributed by atoms with Crippen molar-refractivity contribution in [3.8, 4) is 0 Å². The Balaban J connectivity index is 1.94. The van der Waals surface area contributed by atoms with Crippen molar-refractivity contribution in [1.29, 1.82) is 0 Å². The van der Waals surface area contributed by atoms with Crippen molar-refractivity contribution < 1.29 is 4.79 Å². The van der Waals surface area contributed by atoms with E-state index in [0.29, 0.717) is 11.9 Å². The van der Waals surface area contributed by atoms with Crippen LogP contribution in [0.4, 0.5) is 0 Å². The highest BCUT2D eigenvalue weighted by Gasteiger charge is 2.38. The Kier molecular flexibility index (Phi) is 5.22. The standard InChI is InChI=1S/C15H29N3O/c1-4-8-13-15(19)18(14(5-2)16-13)11-12(3)17-9-6-7-10-17/h12-14,16H,4-11H2,1-3H3. The molecular formula is C15H29N3O. The van der Waals surface area contributed by atoms with Crippen LogP contribution in [0.2, 0.25) is 0 Å². The fraction of sp³-hybridized carbons (Fsp3) is 0.933.